The van der Waals surface area contributed by atoms with Crippen LogP contribution in [-0.4, -0.2) is 29.4 Å². The van der Waals surface area contributed by atoms with E-state index < -0.39 is 11.5 Å². The first-order valence-corrected chi connectivity index (χ1v) is 14.1. The number of anilines is 1. The predicted octanol–water partition coefficient (Wildman–Crippen LogP) is 6.94. The maximum Gasteiger partial charge on any atom is 0.362 e. The zero-order valence-corrected chi connectivity index (χ0v) is 22.6. The predicted molar refractivity (Wildman–Crippen MR) is 156 cm³/mol. The Kier molecular flexibility index (Phi) is 8.48. The lowest BCUT2D eigenvalue weighted by molar-refractivity contribution is -0.135. The minimum Gasteiger partial charge on any atom is -0.461 e. The summed E-state index contributed by atoms with van der Waals surface area (Å²) in [6.45, 7) is 2.00. The number of esters is 1. The van der Waals surface area contributed by atoms with Gasteiger partial charge in [-0.25, -0.2) is 9.78 Å². The van der Waals surface area contributed by atoms with Crippen LogP contribution in [0.2, 0.25) is 0 Å². The van der Waals surface area contributed by atoms with Crippen molar-refractivity contribution in [3.8, 4) is 0 Å². The first kappa shape index (κ1) is 26.4. The zero-order chi connectivity index (χ0) is 26.9. The number of carbonyl (C=O) groups is 1. The van der Waals surface area contributed by atoms with Gasteiger partial charge in [0.1, 0.15) is 17.3 Å². The van der Waals surface area contributed by atoms with Gasteiger partial charge < -0.3 is 14.9 Å². The molecule has 39 heavy (non-hydrogen) atoms. The number of nitrogens with zero attached hydrogens (tertiary/aromatic N) is 2. The molecule has 6 nitrogen and oxygen atoms in total. The van der Waals surface area contributed by atoms with Gasteiger partial charge >= 0.3 is 5.97 Å². The Morgan fingerprint density at radius 2 is 1.56 bits per heavy atom. The molecule has 1 unspecified atom stereocenters. The van der Waals surface area contributed by atoms with E-state index in [0.29, 0.717) is 10.8 Å². The van der Waals surface area contributed by atoms with E-state index in [1.165, 1.54) is 11.3 Å². The Labute approximate surface area is 233 Å². The van der Waals surface area contributed by atoms with Crippen molar-refractivity contribution in [3.05, 3.63) is 131 Å². The van der Waals surface area contributed by atoms with Crippen molar-refractivity contribution in [2.45, 2.75) is 37.8 Å². The Balaban J connectivity index is 1.56. The van der Waals surface area contributed by atoms with Crippen molar-refractivity contribution >= 4 is 28.1 Å². The van der Waals surface area contributed by atoms with E-state index >= 15 is 0 Å². The van der Waals surface area contributed by atoms with Gasteiger partial charge in [-0.05, 0) is 49.0 Å². The van der Waals surface area contributed by atoms with Gasteiger partial charge in [-0.2, -0.15) is 0 Å². The second-order valence-corrected chi connectivity index (χ2v) is 10.0. The monoisotopic (exact) mass is 537 g/mol. The molecule has 1 atom stereocenters. The van der Waals surface area contributed by atoms with Crippen molar-refractivity contribution < 1.29 is 14.4 Å². The second-order valence-electron chi connectivity index (χ2n) is 9.17. The van der Waals surface area contributed by atoms with Crippen LogP contribution in [0, 0.1) is 0 Å². The third-order valence-corrected chi connectivity index (χ3v) is 7.38. The summed E-state index contributed by atoms with van der Waals surface area (Å²) in [5, 5.41) is 10.4. The van der Waals surface area contributed by atoms with Gasteiger partial charge in [0.2, 0.25) is 5.71 Å². The number of thiazole rings is 1. The van der Waals surface area contributed by atoms with E-state index in [-0.39, 0.29) is 18.4 Å². The van der Waals surface area contributed by atoms with Crippen LogP contribution >= 0.6 is 11.3 Å². The highest BCUT2D eigenvalue weighted by atomic mass is 32.1. The van der Waals surface area contributed by atoms with Crippen LogP contribution < -0.4 is 5.32 Å². The molecule has 1 aromatic heterocycles. The fourth-order valence-electron chi connectivity index (χ4n) is 4.76. The number of carbonyl (C=O) groups excluding carboxylic acids is 1. The topological polar surface area (TPSA) is 72.8 Å². The van der Waals surface area contributed by atoms with Crippen LogP contribution in [-0.2, 0) is 19.9 Å². The Morgan fingerprint density at radius 1 is 0.974 bits per heavy atom. The molecule has 0 amide bonds. The fraction of sp³-hybridized carbons (Fsp3) is 0.219. The Morgan fingerprint density at radius 3 is 2.08 bits per heavy atom. The van der Waals surface area contributed by atoms with Crippen molar-refractivity contribution in [1.29, 1.82) is 0 Å². The quantitative estimate of drug-likeness (QED) is 0.0780. The minimum absolute atomic E-state index is 0.0601. The molecule has 0 bridgehead atoms. The maximum atomic E-state index is 12.9. The van der Waals surface area contributed by atoms with Crippen LogP contribution in [0.15, 0.2) is 114 Å². The van der Waals surface area contributed by atoms with E-state index in [1.54, 1.807) is 6.92 Å². The number of rotatable bonds is 10. The molecule has 1 heterocycles. The highest BCUT2D eigenvalue weighted by Gasteiger charge is 2.37. The molecule has 1 aliphatic rings. The number of hydrogen-bond donors (Lipinski definition) is 1. The highest BCUT2D eigenvalue weighted by Crippen LogP contribution is 2.40. The molecule has 0 saturated carbocycles. The fourth-order valence-corrected chi connectivity index (χ4v) is 5.51. The average Bonchev–Trinajstić information content (AvgIpc) is 3.46. The molecule has 4 aromatic rings. The van der Waals surface area contributed by atoms with E-state index in [2.05, 4.69) is 52.9 Å². The summed E-state index contributed by atoms with van der Waals surface area (Å²) in [6.07, 6.45) is 6.81. The van der Waals surface area contributed by atoms with E-state index in [9.17, 15) is 4.79 Å². The van der Waals surface area contributed by atoms with Crippen molar-refractivity contribution in [1.82, 2.24) is 4.98 Å². The summed E-state index contributed by atoms with van der Waals surface area (Å²) >= 11 is 1.41. The van der Waals surface area contributed by atoms with Gasteiger partial charge in [-0.15, -0.1) is 11.3 Å². The lowest BCUT2D eigenvalue weighted by Gasteiger charge is -2.36. The average molecular weight is 538 g/mol. The standard InChI is InChI=1S/C32H31N3O3S/c1-2-37-30(36)29(35-38-27-21-13-6-14-22-27)28-23-39-31(33-28)34-32(24-15-7-3-8-16-24,25-17-9-4-10-18-25)26-19-11-5-12-20-26/h3-5,7-13,15-21,23,27H,2,6,14,22H2,1H3,(H,33,34)/b35-29-. The summed E-state index contributed by atoms with van der Waals surface area (Å²) in [6, 6.07) is 30.9. The van der Waals surface area contributed by atoms with Gasteiger partial charge in [-0.3, -0.25) is 0 Å². The van der Waals surface area contributed by atoms with Gasteiger partial charge in [-0.1, -0.05) is 102 Å². The van der Waals surface area contributed by atoms with Gasteiger partial charge in [0.25, 0.3) is 0 Å². The minimum atomic E-state index is -0.733. The maximum absolute atomic E-state index is 12.9. The molecule has 0 fully saturated rings. The van der Waals surface area contributed by atoms with E-state index in [1.807, 2.05) is 66.1 Å². The van der Waals surface area contributed by atoms with Crippen molar-refractivity contribution in [3.63, 3.8) is 0 Å². The molecule has 0 spiro atoms. The molecule has 1 aliphatic carbocycles. The number of nitrogens with one attached hydrogen (secondary N) is 1. The number of aromatic nitrogens is 1. The molecular weight excluding hydrogens is 506 g/mol. The van der Waals surface area contributed by atoms with Crippen LogP contribution in [0.25, 0.3) is 0 Å². The third-order valence-electron chi connectivity index (χ3n) is 6.62. The van der Waals surface area contributed by atoms with Crippen LogP contribution in [0.5, 0.6) is 0 Å². The van der Waals surface area contributed by atoms with Crippen molar-refractivity contribution in [2.75, 3.05) is 11.9 Å². The molecule has 1 N–H and O–H groups in total. The second kappa shape index (κ2) is 12.5. The number of hydrogen-bond acceptors (Lipinski definition) is 7. The summed E-state index contributed by atoms with van der Waals surface area (Å²) in [5.41, 5.74) is 2.92. The lowest BCUT2D eigenvalue weighted by atomic mass is 9.77. The molecule has 0 saturated heterocycles. The summed E-state index contributed by atoms with van der Waals surface area (Å²) < 4.78 is 5.29. The molecular formula is C32H31N3O3S. The van der Waals surface area contributed by atoms with Crippen LogP contribution in [0.3, 0.4) is 0 Å². The summed E-state index contributed by atoms with van der Waals surface area (Å²) in [7, 11) is 0. The summed E-state index contributed by atoms with van der Waals surface area (Å²) in [4.78, 5) is 23.4. The largest absolute Gasteiger partial charge is 0.461 e. The van der Waals surface area contributed by atoms with Gasteiger partial charge in [0, 0.05) is 5.38 Å². The zero-order valence-electron chi connectivity index (χ0n) is 21.8. The van der Waals surface area contributed by atoms with E-state index in [0.717, 1.165) is 36.0 Å². The third kappa shape index (κ3) is 5.94. The Hall–Kier alpha value is -4.23. The lowest BCUT2D eigenvalue weighted by Crippen LogP contribution is -2.38. The number of allylic oxidation sites excluding steroid dienone is 1. The van der Waals surface area contributed by atoms with Crippen molar-refractivity contribution in [2.24, 2.45) is 5.16 Å². The smallest absolute Gasteiger partial charge is 0.362 e. The molecule has 198 valence electrons. The molecule has 5 rings (SSSR count). The molecule has 0 radical (unpaired) electrons. The highest BCUT2D eigenvalue weighted by molar-refractivity contribution is 7.14. The van der Waals surface area contributed by atoms with E-state index in [4.69, 9.17) is 14.6 Å². The normalized spacial score (nSPS) is 15.5. The first-order valence-electron chi connectivity index (χ1n) is 13.2. The first-order chi connectivity index (χ1) is 19.2. The number of benzene rings is 3. The number of oxime groups is 1. The SMILES string of the molecule is CCOC(=O)/C(=N\OC1C=CCCC1)c1csc(NC(c2ccccc2)(c2ccccc2)c2ccccc2)n1. The van der Waals surface area contributed by atoms with Crippen LogP contribution in [0.1, 0.15) is 48.6 Å². The van der Waals surface area contributed by atoms with Gasteiger partial charge in [0.05, 0.1) is 6.61 Å². The Bertz CT molecular complexity index is 1320. The molecule has 3 aromatic carbocycles. The molecule has 0 aliphatic heterocycles. The van der Waals surface area contributed by atoms with Gasteiger partial charge in [0.15, 0.2) is 5.13 Å². The number of ether oxygens (including phenoxy) is 1. The summed E-state index contributed by atoms with van der Waals surface area (Å²) in [5.74, 6) is -0.561. The molecule has 7 heteroatoms. The van der Waals surface area contributed by atoms with Crippen LogP contribution in [0.4, 0.5) is 5.13 Å².